The van der Waals surface area contributed by atoms with E-state index >= 15 is 0 Å². The Morgan fingerprint density at radius 2 is 1.76 bits per heavy atom. The van der Waals surface area contributed by atoms with Gasteiger partial charge >= 0.3 is 0 Å². The first-order valence-electron chi connectivity index (χ1n) is 8.09. The zero-order valence-corrected chi connectivity index (χ0v) is 14.0. The van der Waals surface area contributed by atoms with Crippen molar-refractivity contribution in [2.75, 3.05) is 37.6 Å². The molecule has 0 aliphatic carbocycles. The molecule has 4 heteroatoms. The highest BCUT2D eigenvalue weighted by Gasteiger charge is 2.10. The van der Waals surface area contributed by atoms with Crippen LogP contribution in [-0.2, 0) is 0 Å². The van der Waals surface area contributed by atoms with Crippen molar-refractivity contribution in [3.8, 4) is 5.75 Å². The van der Waals surface area contributed by atoms with Crippen LogP contribution in [0.2, 0.25) is 0 Å². The number of nitrogens with zero attached hydrogens (tertiary/aromatic N) is 2. The van der Waals surface area contributed by atoms with Crippen LogP contribution in [0.3, 0.4) is 0 Å². The van der Waals surface area contributed by atoms with Gasteiger partial charge in [-0.05, 0) is 46.0 Å². The van der Waals surface area contributed by atoms with Crippen LogP contribution in [0.25, 0.3) is 0 Å². The Balaban J connectivity index is 2.66. The molecular weight excluding hydrogens is 262 g/mol. The Labute approximate surface area is 129 Å². The van der Waals surface area contributed by atoms with Crippen LogP contribution in [0.1, 0.15) is 45.7 Å². The summed E-state index contributed by atoms with van der Waals surface area (Å²) in [6.45, 7) is 13.7. The third kappa shape index (κ3) is 5.21. The summed E-state index contributed by atoms with van der Waals surface area (Å²) in [7, 11) is 0. The van der Waals surface area contributed by atoms with Crippen LogP contribution < -0.4 is 10.6 Å². The molecule has 0 saturated carbocycles. The van der Waals surface area contributed by atoms with Gasteiger partial charge in [-0.1, -0.05) is 19.9 Å². The summed E-state index contributed by atoms with van der Waals surface area (Å²) in [5.41, 5.74) is 7.71. The normalized spacial score (nSPS) is 12.7. The van der Waals surface area contributed by atoms with Gasteiger partial charge in [-0.25, -0.2) is 0 Å². The summed E-state index contributed by atoms with van der Waals surface area (Å²) in [5.74, 6) is 0.296. The molecule has 0 amide bonds. The first-order chi connectivity index (χ1) is 10.0. The lowest BCUT2D eigenvalue weighted by atomic mass is 10.1. The Morgan fingerprint density at radius 1 is 1.10 bits per heavy atom. The molecule has 21 heavy (non-hydrogen) atoms. The molecule has 0 aliphatic rings. The minimum absolute atomic E-state index is 0.142. The molecule has 0 aliphatic heterocycles. The molecule has 0 fully saturated rings. The Morgan fingerprint density at radius 3 is 2.24 bits per heavy atom. The van der Waals surface area contributed by atoms with E-state index in [9.17, 15) is 5.11 Å². The quantitative estimate of drug-likeness (QED) is 0.735. The molecule has 0 saturated heterocycles. The van der Waals surface area contributed by atoms with Gasteiger partial charge in [0.05, 0.1) is 0 Å². The minimum atomic E-state index is -0.142. The lowest BCUT2D eigenvalue weighted by molar-refractivity contribution is 0.301. The number of hydrogen-bond donors (Lipinski definition) is 2. The molecule has 1 atom stereocenters. The number of rotatable bonds is 9. The number of aromatic hydroxyl groups is 1. The third-order valence-electron chi connectivity index (χ3n) is 4.05. The van der Waals surface area contributed by atoms with E-state index in [4.69, 9.17) is 5.73 Å². The first kappa shape index (κ1) is 17.8. The summed E-state index contributed by atoms with van der Waals surface area (Å²) in [6.07, 6.45) is 1.13. The topological polar surface area (TPSA) is 52.7 Å². The molecule has 3 N–H and O–H groups in total. The van der Waals surface area contributed by atoms with E-state index in [1.54, 1.807) is 0 Å². The molecule has 0 spiro atoms. The van der Waals surface area contributed by atoms with Gasteiger partial charge in [-0.3, -0.25) is 0 Å². The molecule has 1 aromatic rings. The van der Waals surface area contributed by atoms with Gasteiger partial charge in [-0.2, -0.15) is 0 Å². The van der Waals surface area contributed by atoms with E-state index in [-0.39, 0.29) is 6.04 Å². The van der Waals surface area contributed by atoms with E-state index < -0.39 is 0 Å². The lowest BCUT2D eigenvalue weighted by Crippen LogP contribution is -2.30. The van der Waals surface area contributed by atoms with Gasteiger partial charge in [0.1, 0.15) is 5.75 Å². The van der Waals surface area contributed by atoms with Gasteiger partial charge in [-0.15, -0.1) is 0 Å². The minimum Gasteiger partial charge on any atom is -0.508 e. The summed E-state index contributed by atoms with van der Waals surface area (Å²) in [6, 6.07) is 5.68. The smallest absolute Gasteiger partial charge is 0.122 e. The zero-order chi connectivity index (χ0) is 15.8. The number of benzene rings is 1. The van der Waals surface area contributed by atoms with Crippen molar-refractivity contribution in [1.82, 2.24) is 4.90 Å². The van der Waals surface area contributed by atoms with E-state index in [0.29, 0.717) is 5.75 Å². The Hall–Kier alpha value is -1.26. The second-order valence-electron chi connectivity index (χ2n) is 5.49. The van der Waals surface area contributed by atoms with Crippen LogP contribution in [0.5, 0.6) is 5.75 Å². The summed E-state index contributed by atoms with van der Waals surface area (Å²) in [4.78, 5) is 4.73. The highest BCUT2D eigenvalue weighted by atomic mass is 16.3. The fourth-order valence-electron chi connectivity index (χ4n) is 2.61. The number of anilines is 1. The molecule has 4 nitrogen and oxygen atoms in total. The van der Waals surface area contributed by atoms with Gasteiger partial charge < -0.3 is 20.6 Å². The molecular formula is C17H31N3O. The third-order valence-corrected chi connectivity index (χ3v) is 4.05. The summed E-state index contributed by atoms with van der Waals surface area (Å²) >= 11 is 0. The van der Waals surface area contributed by atoms with Crippen molar-refractivity contribution in [1.29, 1.82) is 0 Å². The predicted octanol–water partition coefficient (Wildman–Crippen LogP) is 2.97. The number of phenols is 1. The zero-order valence-electron chi connectivity index (χ0n) is 14.0. The second-order valence-corrected chi connectivity index (χ2v) is 5.49. The van der Waals surface area contributed by atoms with E-state index in [1.807, 2.05) is 19.1 Å². The van der Waals surface area contributed by atoms with Crippen LogP contribution >= 0.6 is 0 Å². The van der Waals surface area contributed by atoms with Crippen LogP contribution in [0.15, 0.2) is 18.2 Å². The predicted molar refractivity (Wildman–Crippen MR) is 91.0 cm³/mol. The molecule has 1 aromatic carbocycles. The van der Waals surface area contributed by atoms with Gasteiger partial charge in [0.15, 0.2) is 0 Å². The maximum Gasteiger partial charge on any atom is 0.122 e. The maximum absolute atomic E-state index is 10.1. The van der Waals surface area contributed by atoms with Crippen LogP contribution in [0, 0.1) is 0 Å². The average molecular weight is 293 g/mol. The van der Waals surface area contributed by atoms with E-state index in [2.05, 4.69) is 36.6 Å². The second kappa shape index (κ2) is 8.90. The van der Waals surface area contributed by atoms with Gasteiger partial charge in [0, 0.05) is 36.4 Å². The largest absolute Gasteiger partial charge is 0.508 e. The molecule has 1 rings (SSSR count). The molecule has 0 aromatic heterocycles. The molecule has 1 unspecified atom stereocenters. The number of phenolic OH excluding ortho intramolecular Hbond substituents is 1. The fraction of sp³-hybridized carbons (Fsp3) is 0.647. The van der Waals surface area contributed by atoms with Crippen molar-refractivity contribution < 1.29 is 5.11 Å². The van der Waals surface area contributed by atoms with Crippen molar-refractivity contribution in [3.63, 3.8) is 0 Å². The highest BCUT2D eigenvalue weighted by molar-refractivity contribution is 5.53. The Kier molecular flexibility index (Phi) is 7.54. The highest BCUT2D eigenvalue weighted by Crippen LogP contribution is 2.28. The first-order valence-corrected chi connectivity index (χ1v) is 8.09. The van der Waals surface area contributed by atoms with Crippen molar-refractivity contribution in [3.05, 3.63) is 23.8 Å². The van der Waals surface area contributed by atoms with Crippen molar-refractivity contribution in [2.24, 2.45) is 5.73 Å². The van der Waals surface area contributed by atoms with Crippen molar-refractivity contribution >= 4 is 5.69 Å². The number of hydrogen-bond acceptors (Lipinski definition) is 4. The number of nitrogens with two attached hydrogens (primary N) is 1. The summed E-state index contributed by atoms with van der Waals surface area (Å²) in [5, 5.41) is 10.1. The lowest BCUT2D eigenvalue weighted by Gasteiger charge is -2.26. The van der Waals surface area contributed by atoms with Crippen LogP contribution in [-0.4, -0.2) is 42.7 Å². The summed E-state index contributed by atoms with van der Waals surface area (Å²) < 4.78 is 0. The van der Waals surface area contributed by atoms with Gasteiger partial charge in [0.2, 0.25) is 0 Å². The van der Waals surface area contributed by atoms with Crippen LogP contribution in [0.4, 0.5) is 5.69 Å². The fourth-order valence-corrected chi connectivity index (χ4v) is 2.61. The van der Waals surface area contributed by atoms with E-state index in [1.165, 1.54) is 0 Å². The average Bonchev–Trinajstić information content (AvgIpc) is 2.47. The molecule has 0 bridgehead atoms. The van der Waals surface area contributed by atoms with E-state index in [0.717, 1.165) is 50.4 Å². The molecule has 0 heterocycles. The monoisotopic (exact) mass is 293 g/mol. The molecule has 0 radical (unpaired) electrons. The van der Waals surface area contributed by atoms with Crippen molar-refractivity contribution in [2.45, 2.75) is 40.2 Å². The Bertz CT molecular complexity index is 416. The SMILES string of the molecule is CCN(CC)CCCN(CC)c1ccc(C(C)N)c(O)c1. The van der Waals surface area contributed by atoms with Gasteiger partial charge in [0.25, 0.3) is 0 Å². The molecule has 120 valence electrons. The standard InChI is InChI=1S/C17H31N3O/c1-5-19(6-2)11-8-12-20(7-3)15-9-10-16(14(4)18)17(21)13-15/h9-10,13-14,21H,5-8,11-12,18H2,1-4H3. The maximum atomic E-state index is 10.1.